The van der Waals surface area contributed by atoms with Crippen LogP contribution < -0.4 is 21.3 Å². The molecule has 4 amide bonds. The summed E-state index contributed by atoms with van der Waals surface area (Å²) in [5.74, 6) is -2.01. The molecule has 2 unspecified atom stereocenters. The highest BCUT2D eigenvalue weighted by atomic mass is 16.5. The molecule has 2 aromatic carbocycles. The summed E-state index contributed by atoms with van der Waals surface area (Å²) in [6.07, 6.45) is -1.62. The molecular weight excluding hydrogens is 572 g/mol. The van der Waals surface area contributed by atoms with Gasteiger partial charge in [-0.15, -0.1) is 0 Å². The minimum absolute atomic E-state index is 0.00497. The van der Waals surface area contributed by atoms with Crippen LogP contribution in [0.2, 0.25) is 0 Å². The van der Waals surface area contributed by atoms with Gasteiger partial charge in [-0.25, -0.2) is 4.79 Å². The third-order valence-electron chi connectivity index (χ3n) is 7.28. The number of hydrogen-bond acceptors (Lipinski definition) is 6. The molecule has 4 atom stereocenters. The van der Waals surface area contributed by atoms with E-state index in [2.05, 4.69) is 21.3 Å². The predicted molar refractivity (Wildman–Crippen MR) is 175 cm³/mol. The third kappa shape index (κ3) is 13.7. The highest BCUT2D eigenvalue weighted by Crippen LogP contribution is 2.29. The second-order valence-corrected chi connectivity index (χ2v) is 14.0. The van der Waals surface area contributed by atoms with Gasteiger partial charge in [-0.05, 0) is 49.7 Å². The molecule has 248 valence electrons. The van der Waals surface area contributed by atoms with Gasteiger partial charge in [-0.3, -0.25) is 14.4 Å². The number of ether oxygens (including phenoxy) is 1. The summed E-state index contributed by atoms with van der Waals surface area (Å²) < 4.78 is 5.32. The van der Waals surface area contributed by atoms with E-state index in [0.29, 0.717) is 0 Å². The first-order valence-corrected chi connectivity index (χ1v) is 15.5. The van der Waals surface area contributed by atoms with Gasteiger partial charge in [0.15, 0.2) is 0 Å². The molecule has 0 radical (unpaired) electrons. The van der Waals surface area contributed by atoms with Crippen LogP contribution in [0.5, 0.6) is 0 Å². The van der Waals surface area contributed by atoms with Gasteiger partial charge >= 0.3 is 6.09 Å². The average molecular weight is 625 g/mol. The first-order valence-electron chi connectivity index (χ1n) is 15.5. The molecule has 0 saturated carbocycles. The van der Waals surface area contributed by atoms with Gasteiger partial charge in [0, 0.05) is 18.5 Å². The Morgan fingerprint density at radius 2 is 1.36 bits per heavy atom. The van der Waals surface area contributed by atoms with Gasteiger partial charge in [0.25, 0.3) is 0 Å². The number of aliphatic hydroxyl groups is 1. The Kier molecular flexibility index (Phi) is 14.0. The van der Waals surface area contributed by atoms with Crippen LogP contribution in [0.3, 0.4) is 0 Å². The quantitative estimate of drug-likeness (QED) is 0.214. The molecule has 0 spiro atoms. The van der Waals surface area contributed by atoms with Gasteiger partial charge in [0.2, 0.25) is 17.7 Å². The zero-order valence-electron chi connectivity index (χ0n) is 28.0. The second-order valence-electron chi connectivity index (χ2n) is 14.0. The lowest BCUT2D eigenvalue weighted by molar-refractivity contribution is -0.134. The fourth-order valence-corrected chi connectivity index (χ4v) is 4.77. The number of hydrogen-bond donors (Lipinski definition) is 5. The summed E-state index contributed by atoms with van der Waals surface area (Å²) in [6.45, 7) is 14.8. The smallest absolute Gasteiger partial charge is 0.408 e. The molecule has 2 aromatic rings. The minimum Gasteiger partial charge on any atom is -0.445 e. The molecule has 5 N–H and O–H groups in total. The molecule has 0 aliphatic rings. The van der Waals surface area contributed by atoms with Crippen LogP contribution in [-0.2, 0) is 32.1 Å². The number of rotatable bonds is 14. The van der Waals surface area contributed by atoms with E-state index in [1.165, 1.54) is 0 Å². The lowest BCUT2D eigenvalue weighted by Gasteiger charge is -2.32. The molecule has 0 aliphatic carbocycles. The second kappa shape index (κ2) is 17.0. The van der Waals surface area contributed by atoms with E-state index in [1.807, 2.05) is 102 Å². The van der Waals surface area contributed by atoms with Crippen LogP contribution in [0.1, 0.15) is 72.9 Å². The topological polar surface area (TPSA) is 146 Å². The summed E-state index contributed by atoms with van der Waals surface area (Å²) in [5.41, 5.74) is 0.731. The van der Waals surface area contributed by atoms with Crippen molar-refractivity contribution in [2.75, 3.05) is 6.54 Å². The first-order chi connectivity index (χ1) is 21.0. The van der Waals surface area contributed by atoms with E-state index in [4.69, 9.17) is 4.74 Å². The summed E-state index contributed by atoms with van der Waals surface area (Å²) >= 11 is 0. The van der Waals surface area contributed by atoms with Crippen LogP contribution in [0.15, 0.2) is 60.7 Å². The van der Waals surface area contributed by atoms with Gasteiger partial charge in [-0.2, -0.15) is 0 Å². The third-order valence-corrected chi connectivity index (χ3v) is 7.28. The summed E-state index contributed by atoms with van der Waals surface area (Å²) in [7, 11) is 0. The maximum atomic E-state index is 13.5. The van der Waals surface area contributed by atoms with E-state index in [9.17, 15) is 24.3 Å². The molecule has 0 fully saturated rings. The largest absolute Gasteiger partial charge is 0.445 e. The number of aliphatic hydroxyl groups excluding tert-OH is 1. The molecule has 45 heavy (non-hydrogen) atoms. The molecule has 0 aliphatic heterocycles. The number of carbonyl (C=O) groups excluding carboxylic acids is 4. The fourth-order valence-electron chi connectivity index (χ4n) is 4.77. The van der Waals surface area contributed by atoms with Gasteiger partial charge < -0.3 is 31.1 Å². The highest BCUT2D eigenvalue weighted by Gasteiger charge is 2.35. The van der Waals surface area contributed by atoms with Crippen LogP contribution in [-0.4, -0.2) is 59.2 Å². The molecule has 0 heterocycles. The number of alkyl carbamates (subject to hydrolysis) is 1. The SMILES string of the molecule is CC(C)[C@H](NC(=O)OCc1ccccc1)C(=O)NC(Cc1ccccc1)C(O)CNC(=O)[C@@H](CC(=O)NC(C)(C)C)C(C)(C)C. The Balaban J connectivity index is 2.13. The number of nitrogens with one attached hydrogen (secondary N) is 4. The van der Waals surface area contributed by atoms with Gasteiger partial charge in [0.05, 0.1) is 18.1 Å². The Bertz CT molecular complexity index is 1240. The van der Waals surface area contributed by atoms with Crippen LogP contribution in [0.4, 0.5) is 4.79 Å². The Morgan fingerprint density at radius 3 is 1.87 bits per heavy atom. The summed E-state index contributed by atoms with van der Waals surface area (Å²) in [6, 6.07) is 16.8. The number of amides is 4. The lowest BCUT2D eigenvalue weighted by Crippen LogP contribution is -2.57. The van der Waals surface area contributed by atoms with Crippen molar-refractivity contribution in [2.45, 2.75) is 98.6 Å². The Labute approximate surface area is 268 Å². The summed E-state index contributed by atoms with van der Waals surface area (Å²) in [4.78, 5) is 52.1. The van der Waals surface area contributed by atoms with Crippen molar-refractivity contribution in [1.29, 1.82) is 0 Å². The van der Waals surface area contributed by atoms with E-state index >= 15 is 0 Å². The lowest BCUT2D eigenvalue weighted by atomic mass is 9.77. The first kappa shape index (κ1) is 37.3. The normalized spacial score (nSPS) is 14.4. The van der Waals surface area contributed by atoms with Gasteiger partial charge in [-0.1, -0.05) is 95.3 Å². The fraction of sp³-hybridized carbons (Fsp3) is 0.543. The van der Waals surface area contributed by atoms with Crippen molar-refractivity contribution in [2.24, 2.45) is 17.3 Å². The number of carbonyl (C=O) groups is 4. The molecule has 10 heteroatoms. The molecule has 0 bridgehead atoms. The molecule has 2 rings (SSSR count). The molecule has 10 nitrogen and oxygen atoms in total. The molecule has 0 saturated heterocycles. The maximum absolute atomic E-state index is 13.5. The highest BCUT2D eigenvalue weighted by molar-refractivity contribution is 5.87. The molecule has 0 aromatic heterocycles. The zero-order valence-corrected chi connectivity index (χ0v) is 28.0. The van der Waals surface area contributed by atoms with E-state index in [-0.39, 0.29) is 43.7 Å². The maximum Gasteiger partial charge on any atom is 0.408 e. The predicted octanol–water partition coefficient (Wildman–Crippen LogP) is 4.11. The van der Waals surface area contributed by atoms with Crippen molar-refractivity contribution < 1.29 is 29.0 Å². The van der Waals surface area contributed by atoms with Crippen LogP contribution >= 0.6 is 0 Å². The van der Waals surface area contributed by atoms with Crippen molar-refractivity contribution in [3.05, 3.63) is 71.8 Å². The van der Waals surface area contributed by atoms with E-state index in [0.717, 1.165) is 11.1 Å². The average Bonchev–Trinajstić information content (AvgIpc) is 2.95. The monoisotopic (exact) mass is 624 g/mol. The van der Waals surface area contributed by atoms with Crippen LogP contribution in [0.25, 0.3) is 0 Å². The van der Waals surface area contributed by atoms with Crippen molar-refractivity contribution >= 4 is 23.8 Å². The minimum atomic E-state index is -1.17. The Hall–Kier alpha value is -3.92. The number of benzene rings is 2. The van der Waals surface area contributed by atoms with Crippen LogP contribution in [0, 0.1) is 17.3 Å². The summed E-state index contributed by atoms with van der Waals surface area (Å²) in [5, 5.41) is 22.5. The van der Waals surface area contributed by atoms with Crippen molar-refractivity contribution in [3.63, 3.8) is 0 Å². The van der Waals surface area contributed by atoms with E-state index in [1.54, 1.807) is 13.8 Å². The van der Waals surface area contributed by atoms with Crippen molar-refractivity contribution in [3.8, 4) is 0 Å². The van der Waals surface area contributed by atoms with Gasteiger partial charge in [0.1, 0.15) is 12.6 Å². The zero-order chi connectivity index (χ0) is 33.8. The Morgan fingerprint density at radius 1 is 0.800 bits per heavy atom. The molecular formula is C35H52N4O6. The standard InChI is InChI=1S/C35H52N4O6/c1-23(2)30(38-33(44)45-22-25-17-13-10-14-18-25)32(43)37-27(19-24-15-11-9-12-16-24)28(40)21-36-31(42)26(34(3,4)5)20-29(41)39-35(6,7)8/h9-18,23,26-28,30,40H,19-22H2,1-8H3,(H,36,42)(H,37,43)(H,38,44)(H,39,41)/t26-,27?,28?,30+/m1/s1. The van der Waals surface area contributed by atoms with E-state index < -0.39 is 47.1 Å². The van der Waals surface area contributed by atoms with Crippen molar-refractivity contribution in [1.82, 2.24) is 21.3 Å².